The van der Waals surface area contributed by atoms with Crippen molar-refractivity contribution < 1.29 is 19.6 Å². The zero-order valence-electron chi connectivity index (χ0n) is 13.7. The van der Waals surface area contributed by atoms with Gasteiger partial charge in [-0.1, -0.05) is 6.07 Å². The Hall–Kier alpha value is -3.42. The maximum atomic E-state index is 11.7. The highest BCUT2D eigenvalue weighted by Crippen LogP contribution is 2.21. The molecule has 8 nitrogen and oxygen atoms in total. The third-order valence-electron chi connectivity index (χ3n) is 3.18. The molecule has 0 aliphatic heterocycles. The fraction of sp³-hybridized carbons (Fsp3) is 0.176. The molecule has 0 aliphatic carbocycles. The van der Waals surface area contributed by atoms with Gasteiger partial charge in [0.15, 0.2) is 6.61 Å². The first-order valence-corrected chi connectivity index (χ1v) is 7.35. The van der Waals surface area contributed by atoms with Gasteiger partial charge in [0, 0.05) is 17.7 Å². The number of phenols is 1. The lowest BCUT2D eigenvalue weighted by Gasteiger charge is -2.07. The summed E-state index contributed by atoms with van der Waals surface area (Å²) in [6.07, 6.45) is 1.12. The van der Waals surface area contributed by atoms with E-state index in [1.807, 2.05) is 32.0 Å². The Balaban J connectivity index is 1.92. The highest BCUT2D eigenvalue weighted by Gasteiger charge is 2.09. The lowest BCUT2D eigenvalue weighted by atomic mass is 10.1. The molecule has 0 heterocycles. The van der Waals surface area contributed by atoms with Crippen LogP contribution in [0.25, 0.3) is 0 Å². The standard InChI is InChI=1S/C17H17N3O5/c1-11-5-12(2)7-15(6-11)25-10-17(22)19-18-9-13-8-14(20(23)24)3-4-16(13)21/h3-9,21H,10H2,1-2H3,(H,19,22). The largest absolute Gasteiger partial charge is 0.507 e. The van der Waals surface area contributed by atoms with Gasteiger partial charge in [0.25, 0.3) is 11.6 Å². The minimum atomic E-state index is -0.590. The first-order valence-electron chi connectivity index (χ1n) is 7.35. The second kappa shape index (κ2) is 7.91. The number of carbonyl (C=O) groups excluding carboxylic acids is 1. The Bertz CT molecular complexity index is 813. The molecule has 0 saturated carbocycles. The summed E-state index contributed by atoms with van der Waals surface area (Å²) in [7, 11) is 0. The van der Waals surface area contributed by atoms with Crippen LogP contribution in [0, 0.1) is 24.0 Å². The minimum Gasteiger partial charge on any atom is -0.507 e. The molecule has 0 unspecified atom stereocenters. The molecule has 0 bridgehead atoms. The van der Waals surface area contributed by atoms with Crippen molar-refractivity contribution in [3.63, 3.8) is 0 Å². The van der Waals surface area contributed by atoms with E-state index in [0.29, 0.717) is 5.75 Å². The third-order valence-corrected chi connectivity index (χ3v) is 3.18. The van der Waals surface area contributed by atoms with Crippen LogP contribution >= 0.6 is 0 Å². The topological polar surface area (TPSA) is 114 Å². The number of rotatable bonds is 6. The minimum absolute atomic E-state index is 0.115. The van der Waals surface area contributed by atoms with Crippen LogP contribution in [0.15, 0.2) is 41.5 Å². The Morgan fingerprint density at radius 1 is 1.28 bits per heavy atom. The van der Waals surface area contributed by atoms with E-state index in [0.717, 1.165) is 23.4 Å². The van der Waals surface area contributed by atoms with E-state index in [-0.39, 0.29) is 23.6 Å². The number of aryl methyl sites for hydroxylation is 2. The highest BCUT2D eigenvalue weighted by atomic mass is 16.6. The number of hydrogen-bond acceptors (Lipinski definition) is 6. The third kappa shape index (κ3) is 5.31. The van der Waals surface area contributed by atoms with Gasteiger partial charge in [-0.25, -0.2) is 5.43 Å². The predicted octanol–water partition coefficient (Wildman–Crippen LogP) is 2.45. The van der Waals surface area contributed by atoms with Gasteiger partial charge in [0.2, 0.25) is 0 Å². The number of amides is 1. The summed E-state index contributed by atoms with van der Waals surface area (Å²) in [6.45, 7) is 3.62. The average Bonchev–Trinajstić information content (AvgIpc) is 2.53. The second-order valence-corrected chi connectivity index (χ2v) is 5.41. The number of non-ortho nitro benzene ring substituents is 1. The molecule has 8 heteroatoms. The van der Waals surface area contributed by atoms with Crippen molar-refractivity contribution in [3.8, 4) is 11.5 Å². The van der Waals surface area contributed by atoms with Crippen LogP contribution in [-0.4, -0.2) is 28.8 Å². The van der Waals surface area contributed by atoms with Gasteiger partial charge in [-0.05, 0) is 43.2 Å². The molecule has 0 spiro atoms. The number of ether oxygens (including phenoxy) is 1. The lowest BCUT2D eigenvalue weighted by molar-refractivity contribution is -0.384. The number of nitro groups is 1. The van der Waals surface area contributed by atoms with Crippen LogP contribution in [0.5, 0.6) is 11.5 Å². The Morgan fingerprint density at radius 2 is 1.96 bits per heavy atom. The van der Waals surface area contributed by atoms with Crippen molar-refractivity contribution in [2.75, 3.05) is 6.61 Å². The second-order valence-electron chi connectivity index (χ2n) is 5.41. The maximum absolute atomic E-state index is 11.7. The fourth-order valence-corrected chi connectivity index (χ4v) is 2.13. The van der Waals surface area contributed by atoms with Gasteiger partial charge in [0.1, 0.15) is 11.5 Å². The van der Waals surface area contributed by atoms with Crippen LogP contribution in [-0.2, 0) is 4.79 Å². The number of phenolic OH excluding ortho intramolecular Hbond substituents is 1. The molecule has 0 fully saturated rings. The molecule has 0 saturated heterocycles. The first-order chi connectivity index (χ1) is 11.8. The quantitative estimate of drug-likeness (QED) is 0.475. The average molecular weight is 343 g/mol. The maximum Gasteiger partial charge on any atom is 0.277 e. The van der Waals surface area contributed by atoms with E-state index in [1.165, 1.54) is 12.1 Å². The van der Waals surface area contributed by atoms with E-state index in [4.69, 9.17) is 4.74 Å². The van der Waals surface area contributed by atoms with Gasteiger partial charge in [-0.2, -0.15) is 5.10 Å². The van der Waals surface area contributed by atoms with Crippen LogP contribution in [0.4, 0.5) is 5.69 Å². The van der Waals surface area contributed by atoms with Crippen LogP contribution in [0.3, 0.4) is 0 Å². The van der Waals surface area contributed by atoms with Crippen molar-refractivity contribution in [1.82, 2.24) is 5.43 Å². The zero-order valence-corrected chi connectivity index (χ0v) is 13.7. The zero-order chi connectivity index (χ0) is 18.4. The van der Waals surface area contributed by atoms with Crippen LogP contribution in [0.1, 0.15) is 16.7 Å². The molecule has 2 aromatic carbocycles. The number of hydrazone groups is 1. The van der Waals surface area contributed by atoms with Gasteiger partial charge < -0.3 is 9.84 Å². The summed E-state index contributed by atoms with van der Waals surface area (Å²) in [6, 6.07) is 9.11. The molecular weight excluding hydrogens is 326 g/mol. The molecular formula is C17H17N3O5. The van der Waals surface area contributed by atoms with Crippen LogP contribution in [0.2, 0.25) is 0 Å². The Labute approximate surface area is 143 Å². The number of hydrogen-bond donors (Lipinski definition) is 2. The normalized spacial score (nSPS) is 10.6. The Kier molecular flexibility index (Phi) is 5.67. The summed E-state index contributed by atoms with van der Waals surface area (Å²) in [5.41, 5.74) is 4.20. The Morgan fingerprint density at radius 3 is 2.60 bits per heavy atom. The van der Waals surface area contributed by atoms with E-state index >= 15 is 0 Å². The number of aromatic hydroxyl groups is 1. The van der Waals surface area contributed by atoms with Crippen molar-refractivity contribution >= 4 is 17.8 Å². The van der Waals surface area contributed by atoms with Gasteiger partial charge >= 0.3 is 0 Å². The molecule has 130 valence electrons. The number of nitrogens with one attached hydrogen (secondary N) is 1. The van der Waals surface area contributed by atoms with Crippen molar-refractivity contribution in [1.29, 1.82) is 0 Å². The van der Waals surface area contributed by atoms with Crippen molar-refractivity contribution in [2.45, 2.75) is 13.8 Å². The molecule has 25 heavy (non-hydrogen) atoms. The smallest absolute Gasteiger partial charge is 0.277 e. The van der Waals surface area contributed by atoms with Crippen molar-refractivity contribution in [3.05, 3.63) is 63.2 Å². The number of benzene rings is 2. The summed E-state index contributed by atoms with van der Waals surface area (Å²) < 4.78 is 5.38. The van der Waals surface area contributed by atoms with Gasteiger partial charge in [-0.15, -0.1) is 0 Å². The van der Waals surface area contributed by atoms with Gasteiger partial charge in [0.05, 0.1) is 11.1 Å². The predicted molar refractivity (Wildman–Crippen MR) is 91.9 cm³/mol. The summed E-state index contributed by atoms with van der Waals surface area (Å²) in [4.78, 5) is 21.8. The SMILES string of the molecule is Cc1cc(C)cc(OCC(=O)NN=Cc2cc([N+](=O)[O-])ccc2O)c1. The highest BCUT2D eigenvalue weighted by molar-refractivity contribution is 5.86. The van der Waals surface area contributed by atoms with Gasteiger partial charge in [-0.3, -0.25) is 14.9 Å². The van der Waals surface area contributed by atoms with E-state index < -0.39 is 10.8 Å². The lowest BCUT2D eigenvalue weighted by Crippen LogP contribution is -2.24. The molecule has 2 aromatic rings. The number of carbonyl (C=O) groups is 1. The van der Waals surface area contributed by atoms with Crippen molar-refractivity contribution in [2.24, 2.45) is 5.10 Å². The molecule has 0 atom stereocenters. The molecule has 0 aliphatic rings. The summed E-state index contributed by atoms with van der Waals surface area (Å²) in [5.74, 6) is -0.108. The molecule has 0 aromatic heterocycles. The summed E-state index contributed by atoms with van der Waals surface area (Å²) in [5, 5.41) is 24.0. The number of nitrogens with zero attached hydrogens (tertiary/aromatic N) is 2. The summed E-state index contributed by atoms with van der Waals surface area (Å²) >= 11 is 0. The molecule has 0 radical (unpaired) electrons. The van der Waals surface area contributed by atoms with E-state index in [9.17, 15) is 20.0 Å². The monoisotopic (exact) mass is 343 g/mol. The van der Waals surface area contributed by atoms with Crippen LogP contribution < -0.4 is 10.2 Å². The molecule has 2 rings (SSSR count). The van der Waals surface area contributed by atoms with E-state index in [2.05, 4.69) is 10.5 Å². The van der Waals surface area contributed by atoms with E-state index in [1.54, 1.807) is 0 Å². The molecule has 2 N–H and O–H groups in total. The first kappa shape index (κ1) is 17.9. The molecule has 1 amide bonds. The number of nitro benzene ring substituents is 1. The fourth-order valence-electron chi connectivity index (χ4n) is 2.13.